The fourth-order valence-corrected chi connectivity index (χ4v) is 3.33. The monoisotopic (exact) mass is 305 g/mol. The van der Waals surface area contributed by atoms with Crippen LogP contribution in [0, 0.1) is 0 Å². The van der Waals surface area contributed by atoms with Gasteiger partial charge in [-0.25, -0.2) is 0 Å². The van der Waals surface area contributed by atoms with Crippen LogP contribution in [0.5, 0.6) is 0 Å². The van der Waals surface area contributed by atoms with Gasteiger partial charge in [-0.2, -0.15) is 0 Å². The number of amides is 1. The summed E-state index contributed by atoms with van der Waals surface area (Å²) in [5.74, 6) is 0.0558. The lowest BCUT2D eigenvalue weighted by molar-refractivity contribution is -0.115. The van der Waals surface area contributed by atoms with Crippen molar-refractivity contribution in [1.82, 2.24) is 0 Å². The van der Waals surface area contributed by atoms with Crippen LogP contribution in [0.2, 0.25) is 0 Å². The van der Waals surface area contributed by atoms with Crippen LogP contribution in [0.4, 0.5) is 17.1 Å². The summed E-state index contributed by atoms with van der Waals surface area (Å²) in [6.45, 7) is 4.76. The molecule has 1 amide bonds. The van der Waals surface area contributed by atoms with Crippen molar-refractivity contribution in [3.63, 3.8) is 0 Å². The van der Waals surface area contributed by atoms with Gasteiger partial charge in [-0.3, -0.25) is 4.79 Å². The molecule has 2 aliphatic rings. The molecule has 0 fully saturated rings. The zero-order valence-corrected chi connectivity index (χ0v) is 13.1. The second kappa shape index (κ2) is 5.16. The number of benzene rings is 2. The lowest BCUT2D eigenvalue weighted by atomic mass is 9.99. The number of carbonyl (C=O) groups excluding carboxylic acids is 1. The molecule has 4 nitrogen and oxygen atoms in total. The van der Waals surface area contributed by atoms with Crippen LogP contribution in [-0.2, 0) is 11.2 Å². The van der Waals surface area contributed by atoms with Gasteiger partial charge in [-0.15, -0.1) is 0 Å². The molecule has 4 heteroatoms. The van der Waals surface area contributed by atoms with Crippen molar-refractivity contribution in [2.24, 2.45) is 0 Å². The minimum atomic E-state index is 0.0558. The van der Waals surface area contributed by atoms with Crippen LogP contribution in [0.15, 0.2) is 48.7 Å². The number of para-hydroxylation sites is 1. The third-order valence-corrected chi connectivity index (χ3v) is 4.61. The quantitative estimate of drug-likeness (QED) is 0.846. The van der Waals surface area contributed by atoms with Gasteiger partial charge in [-0.1, -0.05) is 24.8 Å². The molecule has 0 saturated heterocycles. The Morgan fingerprint density at radius 3 is 2.96 bits per heavy atom. The lowest BCUT2D eigenvalue weighted by Crippen LogP contribution is -2.10. The Balaban J connectivity index is 1.81. The van der Waals surface area contributed by atoms with Crippen molar-refractivity contribution in [1.29, 1.82) is 0 Å². The predicted octanol–water partition coefficient (Wildman–Crippen LogP) is 3.61. The number of carbonyl (C=O) groups is 1. The number of anilines is 3. The molecule has 0 unspecified atom stereocenters. The summed E-state index contributed by atoms with van der Waals surface area (Å²) in [6.07, 6.45) is 1.38. The van der Waals surface area contributed by atoms with Gasteiger partial charge in [0.15, 0.2) is 0 Å². The van der Waals surface area contributed by atoms with Crippen molar-refractivity contribution in [2.75, 3.05) is 29.1 Å². The highest BCUT2D eigenvalue weighted by atomic mass is 16.1. The molecule has 0 bridgehead atoms. The highest BCUT2D eigenvalue weighted by Crippen LogP contribution is 2.39. The average molecular weight is 305 g/mol. The minimum Gasteiger partial charge on any atom is -0.382 e. The van der Waals surface area contributed by atoms with Gasteiger partial charge in [0.25, 0.3) is 0 Å². The van der Waals surface area contributed by atoms with Crippen LogP contribution in [-0.4, -0.2) is 19.5 Å². The number of nitrogens with one attached hydrogen (secondary N) is 2. The van der Waals surface area contributed by atoms with Gasteiger partial charge in [0.1, 0.15) is 0 Å². The van der Waals surface area contributed by atoms with Gasteiger partial charge in [-0.05, 0) is 29.3 Å². The van der Waals surface area contributed by atoms with E-state index in [0.717, 1.165) is 34.6 Å². The number of hydrogen-bond donors (Lipinski definition) is 2. The third-order valence-electron chi connectivity index (χ3n) is 4.61. The van der Waals surface area contributed by atoms with Gasteiger partial charge in [0.2, 0.25) is 5.91 Å². The minimum absolute atomic E-state index is 0.0558. The fourth-order valence-electron chi connectivity index (χ4n) is 3.33. The summed E-state index contributed by atoms with van der Waals surface area (Å²) >= 11 is 0. The Kier molecular flexibility index (Phi) is 3.11. The van der Waals surface area contributed by atoms with Crippen molar-refractivity contribution in [2.45, 2.75) is 12.8 Å². The molecule has 2 N–H and O–H groups in total. The van der Waals surface area contributed by atoms with E-state index in [4.69, 9.17) is 0 Å². The molecule has 23 heavy (non-hydrogen) atoms. The van der Waals surface area contributed by atoms with Crippen LogP contribution in [0.3, 0.4) is 0 Å². The zero-order chi connectivity index (χ0) is 16.0. The van der Waals surface area contributed by atoms with E-state index >= 15 is 0 Å². The van der Waals surface area contributed by atoms with Crippen LogP contribution >= 0.6 is 0 Å². The molecular weight excluding hydrogens is 286 g/mol. The second-order valence-corrected chi connectivity index (χ2v) is 6.10. The Morgan fingerprint density at radius 1 is 1.22 bits per heavy atom. The standard InChI is InChI=1S/C19H19N3O/c1-12-10-14-11-13(6-7-17(14)22(12)2)15-4-3-5-16-19(15)20-9-8-18(23)21-16/h3-7,11,20H,1,8-10H2,2H3,(H,21,23). The number of allylic oxidation sites excluding steroid dienone is 1. The summed E-state index contributed by atoms with van der Waals surface area (Å²) in [7, 11) is 2.06. The van der Waals surface area contributed by atoms with Crippen LogP contribution in [0.1, 0.15) is 12.0 Å². The summed E-state index contributed by atoms with van der Waals surface area (Å²) in [5.41, 5.74) is 7.78. The molecule has 0 radical (unpaired) electrons. The predicted molar refractivity (Wildman–Crippen MR) is 94.9 cm³/mol. The molecule has 4 rings (SSSR count). The average Bonchev–Trinajstić information content (AvgIpc) is 2.70. The van der Waals surface area contributed by atoms with E-state index in [-0.39, 0.29) is 5.91 Å². The first-order valence-electron chi connectivity index (χ1n) is 7.85. The Hall–Kier alpha value is -2.75. The number of likely N-dealkylation sites (N-methyl/N-ethyl adjacent to an activating group) is 1. The number of nitrogens with zero attached hydrogens (tertiary/aromatic N) is 1. The van der Waals surface area contributed by atoms with Gasteiger partial charge >= 0.3 is 0 Å². The second-order valence-electron chi connectivity index (χ2n) is 6.10. The SMILES string of the molecule is C=C1Cc2cc(-c3cccc4c3NCCC(=O)N4)ccc2N1C. The fraction of sp³-hybridized carbons (Fsp3) is 0.211. The Labute approximate surface area is 135 Å². The van der Waals surface area contributed by atoms with Crippen LogP contribution < -0.4 is 15.5 Å². The van der Waals surface area contributed by atoms with Crippen molar-refractivity contribution >= 4 is 23.0 Å². The number of fused-ring (bicyclic) bond motifs is 2. The summed E-state index contributed by atoms with van der Waals surface area (Å²) in [6, 6.07) is 12.5. The summed E-state index contributed by atoms with van der Waals surface area (Å²) in [4.78, 5) is 13.9. The number of rotatable bonds is 1. The van der Waals surface area contributed by atoms with E-state index in [1.807, 2.05) is 12.1 Å². The molecule has 2 aliphatic heterocycles. The first-order valence-corrected chi connectivity index (χ1v) is 7.85. The smallest absolute Gasteiger partial charge is 0.226 e. The van der Waals surface area contributed by atoms with E-state index < -0.39 is 0 Å². The lowest BCUT2D eigenvalue weighted by Gasteiger charge is -2.16. The molecule has 0 aromatic heterocycles. The van der Waals surface area contributed by atoms with Crippen molar-refractivity contribution in [3.8, 4) is 11.1 Å². The molecule has 2 aromatic rings. The molecular formula is C19H19N3O. The summed E-state index contributed by atoms with van der Waals surface area (Å²) < 4.78 is 0. The Bertz CT molecular complexity index is 825. The third kappa shape index (κ3) is 2.27. The van der Waals surface area contributed by atoms with Gasteiger partial charge in [0, 0.05) is 43.4 Å². The molecule has 0 saturated carbocycles. The first-order chi connectivity index (χ1) is 11.1. The number of hydrogen-bond acceptors (Lipinski definition) is 3. The molecule has 0 atom stereocenters. The molecule has 0 aliphatic carbocycles. The highest BCUT2D eigenvalue weighted by Gasteiger charge is 2.21. The van der Waals surface area contributed by atoms with Gasteiger partial charge < -0.3 is 15.5 Å². The molecule has 2 heterocycles. The van der Waals surface area contributed by atoms with Crippen LogP contribution in [0.25, 0.3) is 11.1 Å². The van der Waals surface area contributed by atoms with E-state index in [1.54, 1.807) is 0 Å². The van der Waals surface area contributed by atoms with E-state index in [2.05, 4.69) is 53.4 Å². The largest absolute Gasteiger partial charge is 0.382 e. The van der Waals surface area contributed by atoms with E-state index in [0.29, 0.717) is 13.0 Å². The summed E-state index contributed by atoms with van der Waals surface area (Å²) in [5, 5.41) is 6.37. The van der Waals surface area contributed by atoms with E-state index in [1.165, 1.54) is 11.3 Å². The maximum atomic E-state index is 11.8. The molecule has 116 valence electrons. The Morgan fingerprint density at radius 2 is 2.09 bits per heavy atom. The van der Waals surface area contributed by atoms with E-state index in [9.17, 15) is 4.79 Å². The maximum absolute atomic E-state index is 11.8. The van der Waals surface area contributed by atoms with Gasteiger partial charge in [0.05, 0.1) is 11.4 Å². The first kappa shape index (κ1) is 13.9. The van der Waals surface area contributed by atoms with Crippen molar-refractivity contribution < 1.29 is 4.79 Å². The molecule has 0 spiro atoms. The topological polar surface area (TPSA) is 44.4 Å². The van der Waals surface area contributed by atoms with Crippen molar-refractivity contribution in [3.05, 3.63) is 54.2 Å². The highest BCUT2D eigenvalue weighted by molar-refractivity contribution is 6.00. The molecule has 2 aromatic carbocycles. The maximum Gasteiger partial charge on any atom is 0.226 e. The zero-order valence-electron chi connectivity index (χ0n) is 13.1. The normalized spacial score (nSPS) is 16.3.